The number of ether oxygens (including phenoxy) is 2. The summed E-state index contributed by atoms with van der Waals surface area (Å²) in [6.07, 6.45) is 4.94. The average molecular weight is 397 g/mol. The minimum atomic E-state index is -0.0935. The van der Waals surface area contributed by atoms with Gasteiger partial charge in [-0.1, -0.05) is 35.9 Å². The molecular formula is C22H21ClN2O3. The molecule has 0 radical (unpaired) electrons. The summed E-state index contributed by atoms with van der Waals surface area (Å²) >= 11 is 6.14. The number of benzene rings is 2. The Morgan fingerprint density at radius 2 is 2.00 bits per heavy atom. The molecule has 144 valence electrons. The van der Waals surface area contributed by atoms with Crippen molar-refractivity contribution in [3.8, 4) is 11.5 Å². The van der Waals surface area contributed by atoms with Crippen LogP contribution in [0.4, 0.5) is 0 Å². The maximum absolute atomic E-state index is 12.4. The van der Waals surface area contributed by atoms with Gasteiger partial charge in [0.05, 0.1) is 12.1 Å². The largest absolute Gasteiger partial charge is 0.496 e. The zero-order valence-corrected chi connectivity index (χ0v) is 16.5. The lowest BCUT2D eigenvalue weighted by atomic mass is 10.1. The normalized spacial score (nSPS) is 11.0. The van der Waals surface area contributed by atoms with Crippen LogP contribution >= 0.6 is 11.6 Å². The van der Waals surface area contributed by atoms with Crippen molar-refractivity contribution in [3.63, 3.8) is 0 Å². The number of nitrogens with zero attached hydrogens (tertiary/aromatic N) is 2. The van der Waals surface area contributed by atoms with E-state index < -0.39 is 0 Å². The molecule has 0 fully saturated rings. The van der Waals surface area contributed by atoms with E-state index in [1.165, 1.54) is 0 Å². The summed E-state index contributed by atoms with van der Waals surface area (Å²) < 4.78 is 12.9. The molecule has 0 atom stereocenters. The van der Waals surface area contributed by atoms with Gasteiger partial charge in [0.1, 0.15) is 23.8 Å². The van der Waals surface area contributed by atoms with Crippen LogP contribution in [0.2, 0.25) is 5.02 Å². The van der Waals surface area contributed by atoms with E-state index in [0.717, 1.165) is 11.1 Å². The van der Waals surface area contributed by atoms with Gasteiger partial charge in [-0.2, -0.15) is 5.10 Å². The van der Waals surface area contributed by atoms with E-state index in [9.17, 15) is 4.79 Å². The van der Waals surface area contributed by atoms with Crippen LogP contribution in [0.1, 0.15) is 28.5 Å². The molecule has 0 aliphatic rings. The van der Waals surface area contributed by atoms with E-state index in [0.29, 0.717) is 35.4 Å². The van der Waals surface area contributed by atoms with E-state index >= 15 is 0 Å². The number of allylic oxidation sites excluding steroid dienone is 1. The van der Waals surface area contributed by atoms with E-state index in [2.05, 4.69) is 5.10 Å². The number of aryl methyl sites for hydroxylation is 1. The number of para-hydroxylation sites is 1. The number of hydrogen-bond donors (Lipinski definition) is 0. The van der Waals surface area contributed by atoms with E-state index in [4.69, 9.17) is 21.1 Å². The van der Waals surface area contributed by atoms with Crippen LogP contribution in [0, 0.1) is 0 Å². The summed E-state index contributed by atoms with van der Waals surface area (Å²) in [6, 6.07) is 14.7. The fraction of sp³-hybridized carbons (Fsp3) is 0.182. The summed E-state index contributed by atoms with van der Waals surface area (Å²) in [5.41, 5.74) is 2.29. The number of carbonyl (C=O) groups excluding carboxylic acids is 1. The lowest BCUT2D eigenvalue weighted by molar-refractivity contribution is 0.103. The average Bonchev–Trinajstić information content (AvgIpc) is 3.20. The van der Waals surface area contributed by atoms with Crippen LogP contribution in [0.25, 0.3) is 6.08 Å². The third kappa shape index (κ3) is 4.61. The second kappa shape index (κ2) is 9.24. The number of hydrogen-bond acceptors (Lipinski definition) is 4. The third-order valence-corrected chi connectivity index (χ3v) is 4.53. The molecule has 6 heteroatoms. The Labute approximate surface area is 169 Å². The van der Waals surface area contributed by atoms with Crippen molar-refractivity contribution in [2.45, 2.75) is 20.1 Å². The van der Waals surface area contributed by atoms with Crippen molar-refractivity contribution in [2.75, 3.05) is 7.11 Å². The molecule has 1 aromatic heterocycles. The van der Waals surface area contributed by atoms with Gasteiger partial charge >= 0.3 is 0 Å². The Kier molecular flexibility index (Phi) is 6.50. The molecule has 0 spiro atoms. The highest BCUT2D eigenvalue weighted by atomic mass is 35.5. The number of halogens is 1. The molecule has 0 amide bonds. The van der Waals surface area contributed by atoms with Crippen LogP contribution in [0.15, 0.2) is 60.8 Å². The third-order valence-electron chi connectivity index (χ3n) is 4.22. The number of rotatable bonds is 8. The molecule has 3 aromatic rings. The molecule has 0 unspecified atom stereocenters. The Morgan fingerprint density at radius 1 is 1.18 bits per heavy atom. The highest BCUT2D eigenvalue weighted by Crippen LogP contribution is 2.27. The summed E-state index contributed by atoms with van der Waals surface area (Å²) in [5.74, 6) is 1.22. The molecule has 0 bridgehead atoms. The van der Waals surface area contributed by atoms with Gasteiger partial charge in [-0.15, -0.1) is 0 Å². The van der Waals surface area contributed by atoms with Crippen molar-refractivity contribution in [1.82, 2.24) is 9.78 Å². The van der Waals surface area contributed by atoms with Crippen LogP contribution in [0.5, 0.6) is 11.5 Å². The molecule has 28 heavy (non-hydrogen) atoms. The predicted molar refractivity (Wildman–Crippen MR) is 110 cm³/mol. The molecule has 0 saturated heterocycles. The molecule has 1 heterocycles. The molecule has 3 rings (SSSR count). The van der Waals surface area contributed by atoms with Crippen molar-refractivity contribution in [1.29, 1.82) is 0 Å². The minimum absolute atomic E-state index is 0.0935. The van der Waals surface area contributed by atoms with Crippen LogP contribution < -0.4 is 9.47 Å². The van der Waals surface area contributed by atoms with Crippen molar-refractivity contribution in [3.05, 3.63) is 82.6 Å². The maximum atomic E-state index is 12.4. The Morgan fingerprint density at radius 3 is 2.75 bits per heavy atom. The second-order valence-corrected chi connectivity index (χ2v) is 6.43. The number of ketones is 1. The zero-order valence-electron chi connectivity index (χ0n) is 15.8. The first kappa shape index (κ1) is 19.7. The fourth-order valence-corrected chi connectivity index (χ4v) is 2.97. The van der Waals surface area contributed by atoms with E-state index in [1.54, 1.807) is 42.3 Å². The smallest absolute Gasteiger partial charge is 0.203 e. The molecular weight excluding hydrogens is 376 g/mol. The van der Waals surface area contributed by atoms with Crippen LogP contribution in [-0.2, 0) is 13.2 Å². The second-order valence-electron chi connectivity index (χ2n) is 6.02. The van der Waals surface area contributed by atoms with Crippen molar-refractivity contribution in [2.24, 2.45) is 0 Å². The maximum Gasteiger partial charge on any atom is 0.203 e. The summed E-state index contributed by atoms with van der Waals surface area (Å²) in [6.45, 7) is 2.89. The van der Waals surface area contributed by atoms with Gasteiger partial charge in [0.2, 0.25) is 5.78 Å². The SMILES string of the molecule is CCn1nccc1C(=O)/C=C/c1ccc(OC)c(COc2ccccc2Cl)c1. The predicted octanol–water partition coefficient (Wildman–Crippen LogP) is 5.04. The number of aromatic nitrogens is 2. The summed E-state index contributed by atoms with van der Waals surface area (Å²) in [7, 11) is 1.61. The van der Waals surface area contributed by atoms with Gasteiger partial charge in [0, 0.05) is 18.3 Å². The lowest BCUT2D eigenvalue weighted by Gasteiger charge is -2.12. The van der Waals surface area contributed by atoms with Gasteiger partial charge < -0.3 is 9.47 Å². The van der Waals surface area contributed by atoms with Crippen molar-refractivity contribution >= 4 is 23.5 Å². The summed E-state index contributed by atoms with van der Waals surface area (Å²) in [5, 5.41) is 4.68. The van der Waals surface area contributed by atoms with Gasteiger partial charge in [-0.3, -0.25) is 9.48 Å². The Bertz CT molecular complexity index is 995. The van der Waals surface area contributed by atoms with E-state index in [-0.39, 0.29) is 5.78 Å². The number of methoxy groups -OCH3 is 1. The standard InChI is InChI=1S/C22H21ClN2O3/c1-3-25-19(12-13-24-25)20(26)10-8-16-9-11-21(27-2)17(14-16)15-28-22-7-5-4-6-18(22)23/h4-14H,3,15H2,1-2H3/b10-8+. The van der Waals surface area contributed by atoms with Gasteiger partial charge in [0.15, 0.2) is 0 Å². The first-order chi connectivity index (χ1) is 13.6. The summed E-state index contributed by atoms with van der Waals surface area (Å²) in [4.78, 5) is 12.4. The molecule has 2 aromatic carbocycles. The van der Waals surface area contributed by atoms with Crippen molar-refractivity contribution < 1.29 is 14.3 Å². The molecule has 0 saturated carbocycles. The Balaban J connectivity index is 1.76. The molecule has 0 aliphatic heterocycles. The first-order valence-electron chi connectivity index (χ1n) is 8.91. The number of carbonyl (C=O) groups is 1. The zero-order chi connectivity index (χ0) is 19.9. The van der Waals surface area contributed by atoms with Crippen LogP contribution in [-0.4, -0.2) is 22.7 Å². The Hall–Kier alpha value is -3.05. The molecule has 5 nitrogen and oxygen atoms in total. The molecule has 0 N–H and O–H groups in total. The highest BCUT2D eigenvalue weighted by Gasteiger charge is 2.09. The fourth-order valence-electron chi connectivity index (χ4n) is 2.78. The van der Waals surface area contributed by atoms with E-state index in [1.807, 2.05) is 43.3 Å². The van der Waals surface area contributed by atoms with Gasteiger partial charge in [0.25, 0.3) is 0 Å². The topological polar surface area (TPSA) is 53.4 Å². The quantitative estimate of drug-likeness (QED) is 0.395. The monoisotopic (exact) mass is 396 g/mol. The molecule has 0 aliphatic carbocycles. The highest BCUT2D eigenvalue weighted by molar-refractivity contribution is 6.32. The first-order valence-corrected chi connectivity index (χ1v) is 9.28. The minimum Gasteiger partial charge on any atom is -0.496 e. The lowest BCUT2D eigenvalue weighted by Crippen LogP contribution is -2.07. The van der Waals surface area contributed by atoms with Gasteiger partial charge in [-0.25, -0.2) is 0 Å². The van der Waals surface area contributed by atoms with Gasteiger partial charge in [-0.05, 0) is 48.9 Å². The van der Waals surface area contributed by atoms with Crippen LogP contribution in [0.3, 0.4) is 0 Å².